The summed E-state index contributed by atoms with van der Waals surface area (Å²) in [5.74, 6) is 1.21. The van der Waals surface area contributed by atoms with Gasteiger partial charge in [0.2, 0.25) is 11.9 Å². The first kappa shape index (κ1) is 22.3. The molecule has 1 atom stereocenters. The van der Waals surface area contributed by atoms with Crippen molar-refractivity contribution >= 4 is 35.2 Å². The molecule has 9 heteroatoms. The van der Waals surface area contributed by atoms with Crippen LogP contribution in [-0.4, -0.2) is 63.8 Å². The maximum Gasteiger partial charge on any atom is 0.273 e. The second-order valence-corrected chi connectivity index (χ2v) is 9.07. The third-order valence-electron chi connectivity index (χ3n) is 6.14. The third kappa shape index (κ3) is 4.37. The van der Waals surface area contributed by atoms with Gasteiger partial charge in [0.25, 0.3) is 5.91 Å². The van der Waals surface area contributed by atoms with Crippen LogP contribution in [0.15, 0.2) is 24.3 Å². The van der Waals surface area contributed by atoms with Crippen LogP contribution in [0.5, 0.6) is 0 Å². The van der Waals surface area contributed by atoms with Gasteiger partial charge in [-0.05, 0) is 38.5 Å². The van der Waals surface area contributed by atoms with Crippen molar-refractivity contribution < 1.29 is 9.59 Å². The smallest absolute Gasteiger partial charge is 0.273 e. The molecule has 0 bridgehead atoms. The zero-order valence-electron chi connectivity index (χ0n) is 18.9. The molecule has 1 saturated heterocycles. The Kier molecular flexibility index (Phi) is 6.24. The molecular weight excluding hydrogens is 428 g/mol. The van der Waals surface area contributed by atoms with Gasteiger partial charge in [0.05, 0.1) is 6.54 Å². The Labute approximate surface area is 193 Å². The van der Waals surface area contributed by atoms with Crippen LogP contribution in [0.3, 0.4) is 0 Å². The first-order chi connectivity index (χ1) is 15.2. The van der Waals surface area contributed by atoms with Gasteiger partial charge in [-0.1, -0.05) is 23.7 Å². The van der Waals surface area contributed by atoms with E-state index in [0.29, 0.717) is 55.2 Å². The van der Waals surface area contributed by atoms with Crippen molar-refractivity contribution in [1.29, 1.82) is 0 Å². The Morgan fingerprint density at radius 1 is 1.06 bits per heavy atom. The quantitative estimate of drug-likeness (QED) is 0.743. The number of aromatic nitrogens is 2. The molecule has 0 saturated carbocycles. The monoisotopic (exact) mass is 456 g/mol. The highest BCUT2D eigenvalue weighted by atomic mass is 35.5. The van der Waals surface area contributed by atoms with E-state index in [2.05, 4.69) is 17.2 Å². The Balaban J connectivity index is 1.66. The van der Waals surface area contributed by atoms with E-state index in [1.165, 1.54) is 0 Å². The highest BCUT2D eigenvalue weighted by molar-refractivity contribution is 6.30. The fraction of sp³-hybridized carbons (Fsp3) is 0.478. The minimum atomic E-state index is -0.0665. The molecule has 32 heavy (non-hydrogen) atoms. The van der Waals surface area contributed by atoms with Crippen LogP contribution in [0, 0.1) is 0 Å². The minimum absolute atomic E-state index is 0.0307. The first-order valence-electron chi connectivity index (χ1n) is 11.0. The highest BCUT2D eigenvalue weighted by Gasteiger charge is 2.35. The number of nitrogens with zero attached hydrogens (tertiary/aromatic N) is 5. The van der Waals surface area contributed by atoms with E-state index in [1.807, 2.05) is 52.8 Å². The summed E-state index contributed by atoms with van der Waals surface area (Å²) in [6.45, 7) is 10.6. The molecule has 1 aromatic carbocycles. The average Bonchev–Trinajstić information content (AvgIpc) is 3.11. The molecule has 2 amide bonds. The van der Waals surface area contributed by atoms with Gasteiger partial charge in [0.1, 0.15) is 11.5 Å². The van der Waals surface area contributed by atoms with Crippen molar-refractivity contribution in [2.45, 2.75) is 46.3 Å². The molecule has 1 unspecified atom stereocenters. The lowest BCUT2D eigenvalue weighted by Gasteiger charge is -2.34. The van der Waals surface area contributed by atoms with Crippen LogP contribution >= 0.6 is 11.6 Å². The van der Waals surface area contributed by atoms with Gasteiger partial charge in [-0.2, -0.15) is 4.98 Å². The van der Waals surface area contributed by atoms with E-state index in [1.54, 1.807) is 6.92 Å². The maximum absolute atomic E-state index is 13.1. The molecular formula is C23H29ClN6O2. The summed E-state index contributed by atoms with van der Waals surface area (Å²) in [5.41, 5.74) is 2.36. The summed E-state index contributed by atoms with van der Waals surface area (Å²) in [6, 6.07) is 7.73. The van der Waals surface area contributed by atoms with E-state index in [-0.39, 0.29) is 23.9 Å². The summed E-state index contributed by atoms with van der Waals surface area (Å²) >= 11 is 6.04. The van der Waals surface area contributed by atoms with Gasteiger partial charge in [-0.15, -0.1) is 0 Å². The Morgan fingerprint density at radius 3 is 2.31 bits per heavy atom. The number of anilines is 2. The van der Waals surface area contributed by atoms with Crippen molar-refractivity contribution in [3.63, 3.8) is 0 Å². The summed E-state index contributed by atoms with van der Waals surface area (Å²) in [4.78, 5) is 40.0. The molecule has 0 aliphatic carbocycles. The van der Waals surface area contributed by atoms with Gasteiger partial charge >= 0.3 is 0 Å². The van der Waals surface area contributed by atoms with Gasteiger partial charge in [-0.25, -0.2) is 4.98 Å². The Hall–Kier alpha value is -2.87. The predicted molar refractivity (Wildman–Crippen MR) is 125 cm³/mol. The fourth-order valence-electron chi connectivity index (χ4n) is 4.12. The van der Waals surface area contributed by atoms with E-state index < -0.39 is 0 Å². The summed E-state index contributed by atoms with van der Waals surface area (Å²) in [5, 5.41) is 4.19. The average molecular weight is 457 g/mol. The van der Waals surface area contributed by atoms with Crippen LogP contribution in [-0.2, 0) is 11.3 Å². The van der Waals surface area contributed by atoms with E-state index in [0.717, 1.165) is 11.1 Å². The van der Waals surface area contributed by atoms with E-state index in [4.69, 9.17) is 16.6 Å². The normalized spacial score (nSPS) is 17.1. The van der Waals surface area contributed by atoms with Crippen molar-refractivity contribution in [3.05, 3.63) is 46.1 Å². The number of hydrogen-bond acceptors (Lipinski definition) is 6. The number of nitrogens with one attached hydrogen (secondary N) is 1. The summed E-state index contributed by atoms with van der Waals surface area (Å²) < 4.78 is 0. The molecule has 8 nitrogen and oxygen atoms in total. The van der Waals surface area contributed by atoms with Crippen molar-refractivity contribution in [3.8, 4) is 0 Å². The zero-order chi connectivity index (χ0) is 23.0. The number of rotatable bonds is 5. The first-order valence-corrected chi connectivity index (χ1v) is 11.4. The molecule has 4 rings (SSSR count). The molecule has 0 radical (unpaired) electrons. The fourth-order valence-corrected chi connectivity index (χ4v) is 4.24. The lowest BCUT2D eigenvalue weighted by Crippen LogP contribution is -2.48. The Bertz CT molecular complexity index is 1020. The van der Waals surface area contributed by atoms with Gasteiger partial charge < -0.3 is 20.0 Å². The topological polar surface area (TPSA) is 81.7 Å². The number of halogens is 1. The lowest BCUT2D eigenvalue weighted by atomic mass is 10.1. The SMILES string of the molecule is CC(=O)N1CCN(c2nc(NC(C)c3ccc(Cl)cc3)c3c(n2)C(=O)N(C(C)C)C3)CC1. The van der Waals surface area contributed by atoms with E-state index in [9.17, 15) is 9.59 Å². The molecule has 3 heterocycles. The number of piperazine rings is 1. The van der Waals surface area contributed by atoms with Crippen molar-refractivity contribution in [2.75, 3.05) is 36.4 Å². The van der Waals surface area contributed by atoms with Crippen molar-refractivity contribution in [2.24, 2.45) is 0 Å². The summed E-state index contributed by atoms with van der Waals surface area (Å²) in [6.07, 6.45) is 0. The number of benzene rings is 1. The predicted octanol–water partition coefficient (Wildman–Crippen LogP) is 3.34. The largest absolute Gasteiger partial charge is 0.363 e. The van der Waals surface area contributed by atoms with Crippen molar-refractivity contribution in [1.82, 2.24) is 19.8 Å². The number of fused-ring (bicyclic) bond motifs is 1. The Morgan fingerprint density at radius 2 is 1.72 bits per heavy atom. The number of carbonyl (C=O) groups is 2. The summed E-state index contributed by atoms with van der Waals surface area (Å²) in [7, 11) is 0. The minimum Gasteiger partial charge on any atom is -0.363 e. The van der Waals surface area contributed by atoms with Gasteiger partial charge in [-0.3, -0.25) is 9.59 Å². The second kappa shape index (κ2) is 8.94. The van der Waals surface area contributed by atoms with Crippen LogP contribution in [0.4, 0.5) is 11.8 Å². The molecule has 2 aliphatic rings. The maximum atomic E-state index is 13.1. The van der Waals surface area contributed by atoms with Gasteiger partial charge in [0, 0.05) is 55.8 Å². The molecule has 1 N–H and O–H groups in total. The second-order valence-electron chi connectivity index (χ2n) is 8.64. The molecule has 1 fully saturated rings. The number of hydrogen-bond donors (Lipinski definition) is 1. The van der Waals surface area contributed by atoms with E-state index >= 15 is 0 Å². The van der Waals surface area contributed by atoms with Crippen LogP contribution in [0.25, 0.3) is 0 Å². The molecule has 170 valence electrons. The standard InChI is InChI=1S/C23H29ClN6O2/c1-14(2)30-13-19-20(22(30)32)26-23(29-11-9-28(10-12-29)16(4)31)27-21(19)25-15(3)17-5-7-18(24)8-6-17/h5-8,14-15H,9-13H2,1-4H3,(H,25,26,27). The van der Waals surface area contributed by atoms with Crippen LogP contribution in [0.1, 0.15) is 55.4 Å². The molecule has 1 aromatic heterocycles. The molecule has 0 spiro atoms. The zero-order valence-corrected chi connectivity index (χ0v) is 19.7. The third-order valence-corrected chi connectivity index (χ3v) is 6.39. The van der Waals surface area contributed by atoms with Crippen LogP contribution < -0.4 is 10.2 Å². The van der Waals surface area contributed by atoms with Crippen LogP contribution in [0.2, 0.25) is 5.02 Å². The molecule has 2 aliphatic heterocycles. The number of carbonyl (C=O) groups excluding carboxylic acids is 2. The lowest BCUT2D eigenvalue weighted by molar-refractivity contribution is -0.129. The highest BCUT2D eigenvalue weighted by Crippen LogP contribution is 2.32. The van der Waals surface area contributed by atoms with Gasteiger partial charge in [0.15, 0.2) is 0 Å². The number of amides is 2. The molecule has 2 aromatic rings.